The maximum absolute atomic E-state index is 11.0. The minimum absolute atomic E-state index is 0.154. The molecule has 0 aliphatic carbocycles. The number of nitrogens with zero attached hydrogens (tertiary/aromatic N) is 2. The van der Waals surface area contributed by atoms with Crippen molar-refractivity contribution in [1.29, 1.82) is 0 Å². The van der Waals surface area contributed by atoms with Gasteiger partial charge >= 0.3 is 6.09 Å². The van der Waals surface area contributed by atoms with Crippen molar-refractivity contribution in [2.45, 2.75) is 25.0 Å². The van der Waals surface area contributed by atoms with Crippen molar-refractivity contribution in [3.8, 4) is 0 Å². The van der Waals surface area contributed by atoms with Crippen molar-refractivity contribution in [3.63, 3.8) is 0 Å². The molecule has 5 heteroatoms. The average molecular weight is 290 g/mol. The second kappa shape index (κ2) is 6.03. The van der Waals surface area contributed by atoms with E-state index in [0.29, 0.717) is 13.1 Å². The molecule has 2 aliphatic heterocycles. The molecule has 1 aromatic carbocycles. The first-order chi connectivity index (χ1) is 10.2. The van der Waals surface area contributed by atoms with Crippen LogP contribution in [0.2, 0.25) is 0 Å². The molecule has 2 saturated heterocycles. The molecular formula is C16H22N2O3. The summed E-state index contributed by atoms with van der Waals surface area (Å²) in [6, 6.07) is 10.5. The number of piperidine rings is 1. The van der Waals surface area contributed by atoms with Crippen molar-refractivity contribution in [2.24, 2.45) is 0 Å². The molecule has 2 aliphatic rings. The molecule has 3 rings (SSSR count). The average Bonchev–Trinajstić information content (AvgIpc) is 2.49. The molecule has 1 amide bonds. The van der Waals surface area contributed by atoms with Crippen LogP contribution in [0.5, 0.6) is 0 Å². The minimum Gasteiger partial charge on any atom is -0.465 e. The first-order valence-electron chi connectivity index (χ1n) is 7.55. The number of morpholine rings is 1. The number of rotatable bonds is 2. The van der Waals surface area contributed by atoms with Gasteiger partial charge in [0.2, 0.25) is 0 Å². The lowest BCUT2D eigenvalue weighted by atomic mass is 9.89. The zero-order valence-corrected chi connectivity index (χ0v) is 12.2. The number of carboxylic acid groups (broad SMARTS) is 1. The Hall–Kier alpha value is -1.59. The summed E-state index contributed by atoms with van der Waals surface area (Å²) in [4.78, 5) is 14.9. The first kappa shape index (κ1) is 14.4. The Morgan fingerprint density at radius 2 is 1.90 bits per heavy atom. The zero-order valence-electron chi connectivity index (χ0n) is 12.2. The SMILES string of the molecule is O=C(O)N1CCC2(CC1)CN(Cc1ccccc1)CCO2. The van der Waals surface area contributed by atoms with E-state index in [4.69, 9.17) is 9.84 Å². The van der Waals surface area contributed by atoms with Crippen LogP contribution in [0.4, 0.5) is 4.79 Å². The number of ether oxygens (including phenoxy) is 1. The van der Waals surface area contributed by atoms with Gasteiger partial charge in [0.25, 0.3) is 0 Å². The third-order valence-corrected chi connectivity index (χ3v) is 4.52. The van der Waals surface area contributed by atoms with Crippen LogP contribution in [0.1, 0.15) is 18.4 Å². The fraction of sp³-hybridized carbons (Fsp3) is 0.562. The normalized spacial score (nSPS) is 22.4. The second-order valence-corrected chi connectivity index (χ2v) is 6.00. The Balaban J connectivity index is 1.60. The van der Waals surface area contributed by atoms with Crippen molar-refractivity contribution in [3.05, 3.63) is 35.9 Å². The Kier molecular flexibility index (Phi) is 4.12. The van der Waals surface area contributed by atoms with E-state index in [0.717, 1.165) is 39.1 Å². The largest absolute Gasteiger partial charge is 0.465 e. The summed E-state index contributed by atoms with van der Waals surface area (Å²) in [6.45, 7) is 4.67. The van der Waals surface area contributed by atoms with Crippen molar-refractivity contribution in [1.82, 2.24) is 9.80 Å². The molecule has 0 bridgehead atoms. The fourth-order valence-electron chi connectivity index (χ4n) is 3.31. The molecule has 0 unspecified atom stereocenters. The van der Waals surface area contributed by atoms with E-state index in [1.165, 1.54) is 10.5 Å². The highest BCUT2D eigenvalue weighted by molar-refractivity contribution is 5.65. The highest BCUT2D eigenvalue weighted by atomic mass is 16.5. The molecule has 1 spiro atoms. The smallest absolute Gasteiger partial charge is 0.407 e. The third kappa shape index (κ3) is 3.36. The number of carbonyl (C=O) groups is 1. The molecule has 114 valence electrons. The van der Waals surface area contributed by atoms with Gasteiger partial charge in [0.1, 0.15) is 0 Å². The molecule has 0 radical (unpaired) electrons. The van der Waals surface area contributed by atoms with Gasteiger partial charge in [0, 0.05) is 32.7 Å². The van der Waals surface area contributed by atoms with Crippen molar-refractivity contribution in [2.75, 3.05) is 32.8 Å². The molecule has 0 atom stereocenters. The van der Waals surface area contributed by atoms with Gasteiger partial charge in [-0.15, -0.1) is 0 Å². The second-order valence-electron chi connectivity index (χ2n) is 6.00. The van der Waals surface area contributed by atoms with Crippen LogP contribution >= 0.6 is 0 Å². The van der Waals surface area contributed by atoms with Crippen LogP contribution < -0.4 is 0 Å². The number of hydrogen-bond donors (Lipinski definition) is 1. The Labute approximate surface area is 125 Å². The van der Waals surface area contributed by atoms with E-state index in [9.17, 15) is 4.79 Å². The van der Waals surface area contributed by atoms with Crippen LogP contribution in [0.3, 0.4) is 0 Å². The summed E-state index contributed by atoms with van der Waals surface area (Å²) in [5, 5.41) is 9.05. The molecule has 0 aromatic heterocycles. The van der Waals surface area contributed by atoms with Crippen LogP contribution in [0, 0.1) is 0 Å². The van der Waals surface area contributed by atoms with E-state index in [-0.39, 0.29) is 5.60 Å². The van der Waals surface area contributed by atoms with Crippen LogP contribution in [-0.2, 0) is 11.3 Å². The molecule has 1 aromatic rings. The van der Waals surface area contributed by atoms with Crippen LogP contribution in [0.15, 0.2) is 30.3 Å². The van der Waals surface area contributed by atoms with Gasteiger partial charge in [-0.2, -0.15) is 0 Å². The van der Waals surface area contributed by atoms with Crippen LogP contribution in [0.25, 0.3) is 0 Å². The molecule has 21 heavy (non-hydrogen) atoms. The lowest BCUT2D eigenvalue weighted by Gasteiger charge is -2.46. The number of hydrogen-bond acceptors (Lipinski definition) is 3. The topological polar surface area (TPSA) is 53.0 Å². The van der Waals surface area contributed by atoms with E-state index < -0.39 is 6.09 Å². The molecule has 5 nitrogen and oxygen atoms in total. The monoisotopic (exact) mass is 290 g/mol. The van der Waals surface area contributed by atoms with E-state index in [2.05, 4.69) is 29.2 Å². The minimum atomic E-state index is -0.818. The molecule has 0 saturated carbocycles. The summed E-state index contributed by atoms with van der Waals surface area (Å²) in [6.07, 6.45) is 0.775. The summed E-state index contributed by atoms with van der Waals surface area (Å²) in [7, 11) is 0. The van der Waals surface area contributed by atoms with Gasteiger partial charge in [-0.3, -0.25) is 4.90 Å². The zero-order chi connectivity index (χ0) is 14.7. The molecule has 1 N–H and O–H groups in total. The third-order valence-electron chi connectivity index (χ3n) is 4.52. The molecular weight excluding hydrogens is 268 g/mol. The quantitative estimate of drug-likeness (QED) is 0.905. The summed E-state index contributed by atoms with van der Waals surface area (Å²) >= 11 is 0. The predicted octanol–water partition coefficient (Wildman–Crippen LogP) is 2.03. The van der Waals surface area contributed by atoms with Gasteiger partial charge in [0.15, 0.2) is 0 Å². The van der Waals surface area contributed by atoms with Crippen molar-refractivity contribution < 1.29 is 14.6 Å². The van der Waals surface area contributed by atoms with Gasteiger partial charge in [0.05, 0.1) is 12.2 Å². The van der Waals surface area contributed by atoms with Gasteiger partial charge in [-0.25, -0.2) is 4.79 Å². The number of amides is 1. The van der Waals surface area contributed by atoms with Crippen LogP contribution in [-0.4, -0.2) is 59.4 Å². The Morgan fingerprint density at radius 1 is 1.19 bits per heavy atom. The Bertz CT molecular complexity index is 484. The van der Waals surface area contributed by atoms with Gasteiger partial charge in [-0.1, -0.05) is 30.3 Å². The number of likely N-dealkylation sites (tertiary alicyclic amines) is 1. The lowest BCUT2D eigenvalue weighted by molar-refractivity contribution is -0.134. The number of benzene rings is 1. The standard InChI is InChI=1S/C16H22N2O3/c19-15(20)18-8-6-16(7-9-18)13-17(10-11-21-16)12-14-4-2-1-3-5-14/h1-5H,6-13H2,(H,19,20). The van der Waals surface area contributed by atoms with E-state index in [1.807, 2.05) is 6.07 Å². The van der Waals surface area contributed by atoms with Gasteiger partial charge in [-0.05, 0) is 18.4 Å². The maximum Gasteiger partial charge on any atom is 0.407 e. The first-order valence-corrected chi connectivity index (χ1v) is 7.55. The maximum atomic E-state index is 11.0. The highest BCUT2D eigenvalue weighted by Crippen LogP contribution is 2.30. The van der Waals surface area contributed by atoms with Crippen molar-refractivity contribution >= 4 is 6.09 Å². The van der Waals surface area contributed by atoms with E-state index >= 15 is 0 Å². The molecule has 2 fully saturated rings. The Morgan fingerprint density at radius 3 is 2.57 bits per heavy atom. The highest BCUT2D eigenvalue weighted by Gasteiger charge is 2.40. The van der Waals surface area contributed by atoms with Gasteiger partial charge < -0.3 is 14.7 Å². The molecule has 2 heterocycles. The summed E-state index contributed by atoms with van der Waals surface area (Å²) < 4.78 is 6.04. The predicted molar refractivity (Wildman–Crippen MR) is 79.2 cm³/mol. The fourth-order valence-corrected chi connectivity index (χ4v) is 3.31. The summed E-state index contributed by atoms with van der Waals surface area (Å²) in [5.74, 6) is 0. The van der Waals surface area contributed by atoms with E-state index in [1.54, 1.807) is 0 Å². The lowest BCUT2D eigenvalue weighted by Crippen LogP contribution is -2.57. The summed E-state index contributed by atoms with van der Waals surface area (Å²) in [5.41, 5.74) is 1.16.